The van der Waals surface area contributed by atoms with Gasteiger partial charge in [-0.1, -0.05) is 19.1 Å². The zero-order chi connectivity index (χ0) is 14.9. The fraction of sp³-hybridized carbons (Fsp3) is 0.529. The molecule has 1 aliphatic rings. The number of nitrogens with one attached hydrogen (secondary N) is 1. The van der Waals surface area contributed by atoms with E-state index in [1.54, 1.807) is 4.90 Å². The minimum Gasteiger partial charge on any atom is -0.333 e. The minimum absolute atomic E-state index is 0.882. The maximum absolute atomic E-state index is 4.74. The Morgan fingerprint density at radius 3 is 2.64 bits per heavy atom. The molecule has 1 N–H and O–H groups in total. The Morgan fingerprint density at radius 1 is 1.09 bits per heavy atom. The van der Waals surface area contributed by atoms with Gasteiger partial charge in [-0.3, -0.25) is 0 Å². The first-order valence-corrected chi connectivity index (χ1v) is 8.53. The highest BCUT2D eigenvalue weighted by molar-refractivity contribution is 5.80. The molecule has 1 aliphatic heterocycles. The molecule has 22 heavy (non-hydrogen) atoms. The van der Waals surface area contributed by atoms with Crippen LogP contribution in [0.2, 0.25) is 0 Å². The van der Waals surface area contributed by atoms with E-state index in [-0.39, 0.29) is 0 Å². The van der Waals surface area contributed by atoms with E-state index in [4.69, 9.17) is 4.98 Å². The highest BCUT2D eigenvalue weighted by Gasteiger charge is 2.17. The number of benzene rings is 1. The zero-order valence-corrected chi connectivity index (χ0v) is 13.3. The Morgan fingerprint density at radius 2 is 1.86 bits per heavy atom. The maximum atomic E-state index is 4.74. The van der Waals surface area contributed by atoms with Crippen molar-refractivity contribution >= 4 is 16.8 Å². The predicted octanol–water partition coefficient (Wildman–Crippen LogP) is 1.32. The molecule has 4 rings (SSSR count). The van der Waals surface area contributed by atoms with Gasteiger partial charge in [0, 0.05) is 6.42 Å². The molecule has 5 nitrogen and oxygen atoms in total. The summed E-state index contributed by atoms with van der Waals surface area (Å²) in [6.07, 6.45) is 5.04. The van der Waals surface area contributed by atoms with Crippen molar-refractivity contribution in [1.82, 2.24) is 19.2 Å². The quantitative estimate of drug-likeness (QED) is 0.789. The molecule has 3 heterocycles. The van der Waals surface area contributed by atoms with E-state index < -0.39 is 0 Å². The number of quaternary nitrogens is 1. The molecule has 3 aromatic rings. The lowest BCUT2D eigenvalue weighted by Crippen LogP contribution is -3.13. The van der Waals surface area contributed by atoms with Crippen molar-refractivity contribution in [2.45, 2.75) is 39.2 Å². The number of hydrogen-bond donors (Lipinski definition) is 1. The third kappa shape index (κ3) is 2.29. The molecular formula is C17H24N5+. The van der Waals surface area contributed by atoms with Crippen LogP contribution in [0.15, 0.2) is 24.3 Å². The van der Waals surface area contributed by atoms with Crippen molar-refractivity contribution in [1.29, 1.82) is 0 Å². The number of aryl methyl sites for hydroxylation is 1. The van der Waals surface area contributed by atoms with E-state index in [0.717, 1.165) is 24.6 Å². The van der Waals surface area contributed by atoms with Gasteiger partial charge in [0.2, 0.25) is 5.78 Å². The smallest absolute Gasteiger partial charge is 0.233 e. The van der Waals surface area contributed by atoms with Crippen molar-refractivity contribution in [2.75, 3.05) is 19.6 Å². The normalized spacial score (nSPS) is 16.8. The second kappa shape index (κ2) is 5.72. The van der Waals surface area contributed by atoms with Crippen LogP contribution in [-0.2, 0) is 13.0 Å². The van der Waals surface area contributed by atoms with Gasteiger partial charge in [0.1, 0.15) is 0 Å². The molecule has 0 aliphatic carbocycles. The third-order valence-electron chi connectivity index (χ3n) is 4.84. The van der Waals surface area contributed by atoms with Gasteiger partial charge in [0.05, 0.1) is 37.2 Å². The predicted molar refractivity (Wildman–Crippen MR) is 87.3 cm³/mol. The van der Waals surface area contributed by atoms with Crippen molar-refractivity contribution < 1.29 is 4.90 Å². The first kappa shape index (κ1) is 13.8. The molecule has 0 radical (unpaired) electrons. The van der Waals surface area contributed by atoms with Crippen LogP contribution in [0.5, 0.6) is 0 Å². The summed E-state index contributed by atoms with van der Waals surface area (Å²) in [4.78, 5) is 6.47. The standard InChI is InChI=1S/C17H23N5/c1-2-16-18-17-21(13-12-20-10-6-3-7-11-20)14-8-4-5-9-15(14)22(17)19-16/h4-5,8-9H,2-3,6-7,10-13H2,1H3/p+1. The van der Waals surface area contributed by atoms with E-state index in [9.17, 15) is 0 Å². The first-order valence-electron chi connectivity index (χ1n) is 8.53. The Balaban J connectivity index is 1.71. The topological polar surface area (TPSA) is 39.6 Å². The summed E-state index contributed by atoms with van der Waals surface area (Å²) in [5.74, 6) is 1.93. The molecule has 116 valence electrons. The van der Waals surface area contributed by atoms with Crippen LogP contribution in [-0.4, -0.2) is 38.8 Å². The van der Waals surface area contributed by atoms with Gasteiger partial charge in [0.15, 0.2) is 5.82 Å². The second-order valence-electron chi connectivity index (χ2n) is 6.29. The van der Waals surface area contributed by atoms with Crippen LogP contribution in [0.4, 0.5) is 0 Å². The molecule has 0 bridgehead atoms. The van der Waals surface area contributed by atoms with E-state index in [0.29, 0.717) is 0 Å². The zero-order valence-electron chi connectivity index (χ0n) is 13.3. The summed E-state index contributed by atoms with van der Waals surface area (Å²) in [7, 11) is 0. The Hall–Kier alpha value is -1.88. The minimum atomic E-state index is 0.882. The number of piperidine rings is 1. The molecule has 1 aromatic carbocycles. The Kier molecular flexibility index (Phi) is 3.58. The van der Waals surface area contributed by atoms with Gasteiger partial charge < -0.3 is 9.47 Å². The van der Waals surface area contributed by atoms with Crippen LogP contribution in [0, 0.1) is 0 Å². The van der Waals surface area contributed by atoms with Crippen LogP contribution < -0.4 is 4.90 Å². The fourth-order valence-corrected chi connectivity index (χ4v) is 3.60. The van der Waals surface area contributed by atoms with E-state index >= 15 is 0 Å². The molecule has 0 atom stereocenters. The lowest BCUT2D eigenvalue weighted by molar-refractivity contribution is -0.905. The Labute approximate surface area is 130 Å². The molecule has 0 amide bonds. The van der Waals surface area contributed by atoms with Gasteiger partial charge in [0.25, 0.3) is 0 Å². The summed E-state index contributed by atoms with van der Waals surface area (Å²) in [6, 6.07) is 8.51. The highest BCUT2D eigenvalue weighted by atomic mass is 15.4. The molecule has 5 heteroatoms. The van der Waals surface area contributed by atoms with Crippen LogP contribution in [0.25, 0.3) is 16.8 Å². The van der Waals surface area contributed by atoms with Crippen molar-refractivity contribution in [3.63, 3.8) is 0 Å². The molecule has 2 aromatic heterocycles. The van der Waals surface area contributed by atoms with Gasteiger partial charge >= 0.3 is 0 Å². The molecule has 0 saturated carbocycles. The van der Waals surface area contributed by atoms with Crippen molar-refractivity contribution in [3.8, 4) is 0 Å². The molecule has 1 fully saturated rings. The summed E-state index contributed by atoms with van der Waals surface area (Å²) >= 11 is 0. The van der Waals surface area contributed by atoms with Crippen molar-refractivity contribution in [2.24, 2.45) is 0 Å². The number of hydrogen-bond acceptors (Lipinski definition) is 2. The van der Waals surface area contributed by atoms with Crippen LogP contribution in [0.1, 0.15) is 32.0 Å². The van der Waals surface area contributed by atoms with E-state index in [1.807, 2.05) is 4.52 Å². The van der Waals surface area contributed by atoms with Gasteiger partial charge in [-0.25, -0.2) is 0 Å². The summed E-state index contributed by atoms with van der Waals surface area (Å²) in [5.41, 5.74) is 2.41. The summed E-state index contributed by atoms with van der Waals surface area (Å²) in [5, 5.41) is 4.65. The SMILES string of the molecule is CCc1nc2n(CC[NH+]3CCCCC3)c3ccccc3n2n1. The molecule has 0 spiro atoms. The van der Waals surface area contributed by atoms with E-state index in [1.165, 1.54) is 49.9 Å². The number of para-hydroxylation sites is 2. The second-order valence-corrected chi connectivity index (χ2v) is 6.29. The maximum Gasteiger partial charge on any atom is 0.233 e. The number of likely N-dealkylation sites (tertiary alicyclic amines) is 1. The molecule has 0 unspecified atom stereocenters. The van der Waals surface area contributed by atoms with Gasteiger partial charge in [-0.05, 0) is 31.4 Å². The van der Waals surface area contributed by atoms with Crippen molar-refractivity contribution in [3.05, 3.63) is 30.1 Å². The molecular weight excluding hydrogens is 274 g/mol. The average Bonchev–Trinajstić information content (AvgIpc) is 3.11. The number of imidazole rings is 1. The van der Waals surface area contributed by atoms with Crippen LogP contribution >= 0.6 is 0 Å². The third-order valence-corrected chi connectivity index (χ3v) is 4.84. The number of nitrogens with zero attached hydrogens (tertiary/aromatic N) is 4. The van der Waals surface area contributed by atoms with Crippen LogP contribution in [0.3, 0.4) is 0 Å². The highest BCUT2D eigenvalue weighted by Crippen LogP contribution is 2.19. The monoisotopic (exact) mass is 298 g/mol. The lowest BCUT2D eigenvalue weighted by Gasteiger charge is -2.23. The summed E-state index contributed by atoms with van der Waals surface area (Å²) in [6.45, 7) is 6.96. The number of rotatable bonds is 4. The van der Waals surface area contributed by atoms with Gasteiger partial charge in [-0.2, -0.15) is 9.50 Å². The number of aromatic nitrogens is 4. The lowest BCUT2D eigenvalue weighted by atomic mass is 10.1. The molecule has 1 saturated heterocycles. The van der Waals surface area contributed by atoms with Gasteiger partial charge in [-0.15, -0.1) is 5.10 Å². The largest absolute Gasteiger partial charge is 0.333 e. The number of fused-ring (bicyclic) bond motifs is 3. The average molecular weight is 298 g/mol. The first-order chi connectivity index (χ1) is 10.9. The fourth-order valence-electron chi connectivity index (χ4n) is 3.60. The van der Waals surface area contributed by atoms with E-state index in [2.05, 4.69) is 40.9 Å². The Bertz CT molecular complexity index is 779. The summed E-state index contributed by atoms with van der Waals surface area (Å²) < 4.78 is 4.36.